The van der Waals surface area contributed by atoms with Gasteiger partial charge >= 0.3 is 18.0 Å². The van der Waals surface area contributed by atoms with E-state index in [1.54, 1.807) is 45.0 Å². The molecule has 0 saturated carbocycles. The monoisotopic (exact) mass is 422 g/mol. The van der Waals surface area contributed by atoms with Crippen LogP contribution in [0.15, 0.2) is 30.3 Å². The van der Waals surface area contributed by atoms with Gasteiger partial charge in [-0.15, -0.1) is 0 Å². The van der Waals surface area contributed by atoms with Gasteiger partial charge in [0.25, 0.3) is 0 Å². The summed E-state index contributed by atoms with van der Waals surface area (Å²) in [5, 5.41) is 22.1. The minimum Gasteiger partial charge on any atom is -0.480 e. The average Bonchev–Trinajstić information content (AvgIpc) is 2.65. The van der Waals surface area contributed by atoms with E-state index in [1.807, 2.05) is 13.0 Å². The molecule has 0 spiro atoms. The Hall–Kier alpha value is -2.61. The topological polar surface area (TPSA) is 116 Å². The molecule has 0 aliphatic carbocycles. The van der Waals surface area contributed by atoms with Gasteiger partial charge in [-0.3, -0.25) is 9.69 Å². The molecule has 1 aromatic carbocycles. The highest BCUT2D eigenvalue weighted by Crippen LogP contribution is 2.15. The van der Waals surface area contributed by atoms with Gasteiger partial charge in [0.2, 0.25) is 0 Å². The number of carboxylic acids is 2. The number of carbonyl (C=O) groups excluding carboxylic acids is 1. The van der Waals surface area contributed by atoms with Crippen LogP contribution in [0, 0.1) is 0 Å². The molecule has 0 bridgehead atoms. The average molecular weight is 423 g/mol. The van der Waals surface area contributed by atoms with Crippen LogP contribution in [0.4, 0.5) is 4.79 Å². The molecule has 0 heterocycles. The van der Waals surface area contributed by atoms with Crippen molar-refractivity contribution in [1.82, 2.24) is 10.2 Å². The van der Waals surface area contributed by atoms with Crippen molar-refractivity contribution in [2.45, 2.75) is 71.1 Å². The Morgan fingerprint density at radius 1 is 1.10 bits per heavy atom. The van der Waals surface area contributed by atoms with Crippen LogP contribution in [0.25, 0.3) is 0 Å². The third kappa shape index (κ3) is 9.26. The molecule has 0 saturated heterocycles. The van der Waals surface area contributed by atoms with E-state index >= 15 is 0 Å². The lowest BCUT2D eigenvalue weighted by Crippen LogP contribution is -2.51. The smallest absolute Gasteiger partial charge is 0.411 e. The Bertz CT molecular complexity index is 687. The van der Waals surface area contributed by atoms with E-state index in [4.69, 9.17) is 4.74 Å². The van der Waals surface area contributed by atoms with Crippen LogP contribution in [0.2, 0.25) is 0 Å². The number of carbonyl (C=O) groups is 3. The number of nitrogens with one attached hydrogen (secondary N) is 1. The molecule has 1 rings (SSSR count). The van der Waals surface area contributed by atoms with Crippen LogP contribution in [-0.4, -0.2) is 63.9 Å². The summed E-state index contributed by atoms with van der Waals surface area (Å²) >= 11 is 0. The predicted octanol–water partition coefficient (Wildman–Crippen LogP) is 3.15. The fourth-order valence-electron chi connectivity index (χ4n) is 2.94. The fourth-order valence-corrected chi connectivity index (χ4v) is 2.94. The molecule has 0 unspecified atom stereocenters. The number of hydrogen-bond donors (Lipinski definition) is 3. The molecular formula is C22H34N2O6. The number of rotatable bonds is 12. The minimum atomic E-state index is -1.15. The van der Waals surface area contributed by atoms with Gasteiger partial charge in [-0.05, 0) is 32.8 Å². The van der Waals surface area contributed by atoms with E-state index in [9.17, 15) is 24.6 Å². The van der Waals surface area contributed by atoms with Crippen LogP contribution in [0.1, 0.15) is 52.5 Å². The Kier molecular flexibility index (Phi) is 10.3. The first-order valence-electron chi connectivity index (χ1n) is 10.3. The summed E-state index contributed by atoms with van der Waals surface area (Å²) in [6.07, 6.45) is 1.46. The largest absolute Gasteiger partial charge is 0.480 e. The number of aliphatic carboxylic acids is 2. The molecule has 1 amide bonds. The predicted molar refractivity (Wildman–Crippen MR) is 113 cm³/mol. The van der Waals surface area contributed by atoms with Crippen LogP contribution in [-0.2, 0) is 20.7 Å². The number of amides is 1. The Morgan fingerprint density at radius 2 is 1.73 bits per heavy atom. The quantitative estimate of drug-likeness (QED) is 0.474. The minimum absolute atomic E-state index is 0.00855. The Balaban J connectivity index is 2.97. The normalized spacial score (nSPS) is 13.3. The van der Waals surface area contributed by atoms with Crippen molar-refractivity contribution in [2.75, 3.05) is 13.1 Å². The van der Waals surface area contributed by atoms with E-state index in [0.717, 1.165) is 23.3 Å². The first kappa shape index (κ1) is 25.4. The molecule has 3 N–H and O–H groups in total. The summed E-state index contributed by atoms with van der Waals surface area (Å²) in [4.78, 5) is 37.4. The lowest BCUT2D eigenvalue weighted by molar-refractivity contribution is -0.143. The Morgan fingerprint density at radius 3 is 2.23 bits per heavy atom. The fraction of sp³-hybridized carbons (Fsp3) is 0.591. The molecular weight excluding hydrogens is 388 g/mol. The van der Waals surface area contributed by atoms with Crippen molar-refractivity contribution in [2.24, 2.45) is 0 Å². The number of unbranched alkanes of at least 4 members (excludes halogenated alkanes) is 1. The SMILES string of the molecule is CCCC[C@H](NCCN(C(=O)OC(C)(C)C)[C@H](Cc1ccccc1)C(=O)O)C(=O)O. The van der Waals surface area contributed by atoms with Gasteiger partial charge in [-0.25, -0.2) is 9.59 Å². The lowest BCUT2D eigenvalue weighted by Gasteiger charge is -2.32. The lowest BCUT2D eigenvalue weighted by atomic mass is 10.0. The number of benzene rings is 1. The molecule has 0 fully saturated rings. The molecule has 0 radical (unpaired) electrons. The van der Waals surface area contributed by atoms with Crippen molar-refractivity contribution in [3.05, 3.63) is 35.9 Å². The maximum Gasteiger partial charge on any atom is 0.411 e. The van der Waals surface area contributed by atoms with Crippen LogP contribution in [0.5, 0.6) is 0 Å². The van der Waals surface area contributed by atoms with Gasteiger partial charge in [-0.2, -0.15) is 0 Å². The first-order chi connectivity index (χ1) is 14.0. The van der Waals surface area contributed by atoms with Gasteiger partial charge < -0.3 is 20.3 Å². The zero-order chi connectivity index (χ0) is 22.7. The highest BCUT2D eigenvalue weighted by Gasteiger charge is 2.33. The van der Waals surface area contributed by atoms with E-state index in [1.165, 1.54) is 0 Å². The van der Waals surface area contributed by atoms with E-state index in [-0.39, 0.29) is 19.5 Å². The van der Waals surface area contributed by atoms with Gasteiger partial charge in [0.05, 0.1) is 0 Å². The zero-order valence-electron chi connectivity index (χ0n) is 18.3. The number of hydrogen-bond acceptors (Lipinski definition) is 5. The van der Waals surface area contributed by atoms with E-state index < -0.39 is 35.7 Å². The highest BCUT2D eigenvalue weighted by molar-refractivity contribution is 5.80. The number of carboxylic acid groups (broad SMARTS) is 2. The van der Waals surface area contributed by atoms with Crippen molar-refractivity contribution in [1.29, 1.82) is 0 Å². The summed E-state index contributed by atoms with van der Waals surface area (Å²) in [5.74, 6) is -2.11. The second kappa shape index (κ2) is 12.2. The molecule has 2 atom stereocenters. The first-order valence-corrected chi connectivity index (χ1v) is 10.3. The molecule has 1 aromatic rings. The van der Waals surface area contributed by atoms with Gasteiger partial charge in [-0.1, -0.05) is 50.1 Å². The molecule has 8 nitrogen and oxygen atoms in total. The van der Waals surface area contributed by atoms with Crippen molar-refractivity contribution in [3.63, 3.8) is 0 Å². The van der Waals surface area contributed by atoms with Gasteiger partial charge in [0.1, 0.15) is 17.7 Å². The third-order valence-corrected chi connectivity index (χ3v) is 4.45. The summed E-state index contributed by atoms with van der Waals surface area (Å²) in [6.45, 7) is 7.25. The Labute approximate surface area is 178 Å². The number of nitrogens with zero attached hydrogens (tertiary/aromatic N) is 1. The molecule has 0 aromatic heterocycles. The van der Waals surface area contributed by atoms with Crippen LogP contribution < -0.4 is 5.32 Å². The van der Waals surface area contributed by atoms with Crippen molar-refractivity contribution >= 4 is 18.0 Å². The standard InChI is InChI=1S/C22H34N2O6/c1-5-6-12-17(19(25)26)23-13-14-24(21(29)30-22(2,3)4)18(20(27)28)15-16-10-8-7-9-11-16/h7-11,17-18,23H,5-6,12-15H2,1-4H3,(H,25,26)(H,27,28)/t17-,18+/m0/s1. The summed E-state index contributed by atoms with van der Waals surface area (Å²) in [7, 11) is 0. The molecule has 8 heteroatoms. The van der Waals surface area contributed by atoms with E-state index in [2.05, 4.69) is 5.32 Å². The third-order valence-electron chi connectivity index (χ3n) is 4.45. The summed E-state index contributed by atoms with van der Waals surface area (Å²) in [5.41, 5.74) is -0.0127. The summed E-state index contributed by atoms with van der Waals surface area (Å²) in [6, 6.07) is 7.15. The second-order valence-corrected chi connectivity index (χ2v) is 8.20. The van der Waals surface area contributed by atoms with Crippen molar-refractivity contribution in [3.8, 4) is 0 Å². The molecule has 168 valence electrons. The highest BCUT2D eigenvalue weighted by atomic mass is 16.6. The zero-order valence-corrected chi connectivity index (χ0v) is 18.3. The van der Waals surface area contributed by atoms with Crippen LogP contribution >= 0.6 is 0 Å². The van der Waals surface area contributed by atoms with Crippen LogP contribution in [0.3, 0.4) is 0 Å². The molecule has 0 aliphatic heterocycles. The van der Waals surface area contributed by atoms with Gasteiger partial charge in [0.15, 0.2) is 0 Å². The van der Waals surface area contributed by atoms with Crippen molar-refractivity contribution < 1.29 is 29.3 Å². The van der Waals surface area contributed by atoms with Gasteiger partial charge in [0, 0.05) is 19.5 Å². The summed E-state index contributed by atoms with van der Waals surface area (Å²) < 4.78 is 5.42. The molecule has 30 heavy (non-hydrogen) atoms. The maximum absolute atomic E-state index is 12.8. The number of ether oxygens (including phenoxy) is 1. The van der Waals surface area contributed by atoms with E-state index in [0.29, 0.717) is 6.42 Å². The maximum atomic E-state index is 12.8. The second-order valence-electron chi connectivity index (χ2n) is 8.20. The molecule has 0 aliphatic rings.